The summed E-state index contributed by atoms with van der Waals surface area (Å²) in [5.74, 6) is -0.282. The van der Waals surface area contributed by atoms with Crippen molar-refractivity contribution in [2.24, 2.45) is 0 Å². The molecule has 1 aliphatic rings. The highest BCUT2D eigenvalue weighted by molar-refractivity contribution is 7.15. The molecule has 1 N–H and O–H groups in total. The number of carbonyl (C=O) groups is 2. The number of rotatable bonds is 4. The molecule has 0 aliphatic carbocycles. The Balaban J connectivity index is 1.34. The third-order valence-corrected chi connectivity index (χ3v) is 7.73. The molecule has 4 aromatic rings. The molecule has 170 valence electrons. The molecule has 1 fully saturated rings. The predicted octanol–water partition coefficient (Wildman–Crippen LogP) is 4.82. The van der Waals surface area contributed by atoms with Crippen molar-refractivity contribution in [2.45, 2.75) is 32.7 Å². The minimum absolute atomic E-state index is 0.117. The SMILES string of the molecule is Cc1nc(C(=O)N2CCC[C@@H](NC(=O)c3c(C)nc4sccn34)C2)c(-c2cccc(Cl)c2)s1. The molecule has 0 radical (unpaired) electrons. The first-order valence-corrected chi connectivity index (χ1v) is 12.7. The maximum Gasteiger partial charge on any atom is 0.274 e. The van der Waals surface area contributed by atoms with Crippen LogP contribution in [0.4, 0.5) is 0 Å². The van der Waals surface area contributed by atoms with Crippen LogP contribution in [0.5, 0.6) is 0 Å². The van der Waals surface area contributed by atoms with Crippen LogP contribution in [0.25, 0.3) is 15.4 Å². The Hall–Kier alpha value is -2.75. The minimum Gasteiger partial charge on any atom is -0.346 e. The number of thiazole rings is 2. The van der Waals surface area contributed by atoms with Gasteiger partial charge in [-0.25, -0.2) is 9.97 Å². The maximum atomic E-state index is 13.5. The van der Waals surface area contributed by atoms with Crippen LogP contribution in [0.2, 0.25) is 5.02 Å². The number of aromatic nitrogens is 3. The lowest BCUT2D eigenvalue weighted by molar-refractivity contribution is 0.0671. The van der Waals surface area contributed by atoms with Gasteiger partial charge in [-0.05, 0) is 44.4 Å². The van der Waals surface area contributed by atoms with Gasteiger partial charge in [0.05, 0.1) is 15.6 Å². The molecular formula is C23H22ClN5O2S2. The summed E-state index contributed by atoms with van der Waals surface area (Å²) >= 11 is 9.16. The zero-order valence-corrected chi connectivity index (χ0v) is 20.6. The Morgan fingerprint density at radius 2 is 2.09 bits per heavy atom. The van der Waals surface area contributed by atoms with Crippen LogP contribution >= 0.6 is 34.3 Å². The number of hydrogen-bond acceptors (Lipinski definition) is 6. The lowest BCUT2D eigenvalue weighted by atomic mass is 10.0. The van der Waals surface area contributed by atoms with E-state index >= 15 is 0 Å². The third-order valence-electron chi connectivity index (χ3n) is 5.72. The van der Waals surface area contributed by atoms with E-state index in [0.717, 1.165) is 33.3 Å². The number of nitrogens with zero attached hydrogens (tertiary/aromatic N) is 4. The molecular weight excluding hydrogens is 478 g/mol. The number of halogens is 1. The average Bonchev–Trinajstić information content (AvgIpc) is 3.47. The number of imidazole rings is 1. The number of likely N-dealkylation sites (tertiary alicyclic amines) is 1. The molecule has 7 nitrogen and oxygen atoms in total. The van der Waals surface area contributed by atoms with E-state index in [4.69, 9.17) is 11.6 Å². The Morgan fingerprint density at radius 1 is 1.24 bits per heavy atom. The normalized spacial score (nSPS) is 16.3. The van der Waals surface area contributed by atoms with Gasteiger partial charge in [0.25, 0.3) is 11.8 Å². The second-order valence-electron chi connectivity index (χ2n) is 8.09. The van der Waals surface area contributed by atoms with Gasteiger partial charge in [0.2, 0.25) is 0 Å². The van der Waals surface area contributed by atoms with E-state index in [1.165, 1.54) is 22.7 Å². The molecule has 33 heavy (non-hydrogen) atoms. The predicted molar refractivity (Wildman–Crippen MR) is 131 cm³/mol. The molecule has 1 aliphatic heterocycles. The molecule has 1 saturated heterocycles. The van der Waals surface area contributed by atoms with Gasteiger partial charge in [-0.3, -0.25) is 14.0 Å². The van der Waals surface area contributed by atoms with Gasteiger partial charge in [-0.15, -0.1) is 22.7 Å². The van der Waals surface area contributed by atoms with Crippen molar-refractivity contribution in [3.63, 3.8) is 0 Å². The van der Waals surface area contributed by atoms with E-state index in [9.17, 15) is 9.59 Å². The Labute approximate surface area is 204 Å². The topological polar surface area (TPSA) is 79.6 Å². The fourth-order valence-electron chi connectivity index (χ4n) is 4.25. The van der Waals surface area contributed by atoms with Gasteiger partial charge in [0.1, 0.15) is 11.4 Å². The summed E-state index contributed by atoms with van der Waals surface area (Å²) in [6.07, 6.45) is 3.48. The van der Waals surface area contributed by atoms with Crippen LogP contribution in [0.1, 0.15) is 44.5 Å². The van der Waals surface area contributed by atoms with Gasteiger partial charge >= 0.3 is 0 Å². The summed E-state index contributed by atoms with van der Waals surface area (Å²) in [4.78, 5) is 38.9. The van der Waals surface area contributed by atoms with Crippen LogP contribution in [0, 0.1) is 13.8 Å². The number of fused-ring (bicyclic) bond motifs is 1. The number of hydrogen-bond donors (Lipinski definition) is 1. The number of piperidine rings is 1. The standard InChI is InChI=1S/C23H22ClN5O2S2/c1-13-19(29-9-10-32-23(29)25-13)21(30)27-17-7-4-8-28(12-17)22(31)18-20(33-14(2)26-18)15-5-3-6-16(24)11-15/h3,5-6,9-11,17H,4,7-8,12H2,1-2H3,(H,27,30)/t17-/m1/s1. The minimum atomic E-state index is -0.165. The summed E-state index contributed by atoms with van der Waals surface area (Å²) in [5, 5.41) is 6.47. The Kier molecular flexibility index (Phi) is 5.94. The van der Waals surface area contributed by atoms with Crippen molar-refractivity contribution in [3.05, 3.63) is 63.0 Å². The smallest absolute Gasteiger partial charge is 0.274 e. The van der Waals surface area contributed by atoms with E-state index in [2.05, 4.69) is 15.3 Å². The van der Waals surface area contributed by atoms with Gasteiger partial charge in [0.15, 0.2) is 4.96 Å². The van der Waals surface area contributed by atoms with Crippen molar-refractivity contribution in [1.82, 2.24) is 24.6 Å². The zero-order valence-electron chi connectivity index (χ0n) is 18.2. The highest BCUT2D eigenvalue weighted by atomic mass is 35.5. The number of nitrogens with one attached hydrogen (secondary N) is 1. The lowest BCUT2D eigenvalue weighted by Gasteiger charge is -2.33. The molecule has 2 amide bonds. The van der Waals surface area contributed by atoms with Crippen LogP contribution in [0.3, 0.4) is 0 Å². The van der Waals surface area contributed by atoms with Gasteiger partial charge in [-0.1, -0.05) is 23.7 Å². The fourth-order valence-corrected chi connectivity index (χ4v) is 6.10. The van der Waals surface area contributed by atoms with Crippen LogP contribution in [-0.4, -0.2) is 50.2 Å². The van der Waals surface area contributed by atoms with Crippen LogP contribution in [0.15, 0.2) is 35.8 Å². The second kappa shape index (κ2) is 8.89. The van der Waals surface area contributed by atoms with E-state index < -0.39 is 0 Å². The van der Waals surface area contributed by atoms with Crippen molar-refractivity contribution in [1.29, 1.82) is 0 Å². The number of carbonyl (C=O) groups excluding carboxylic acids is 2. The van der Waals surface area contributed by atoms with Gasteiger partial charge < -0.3 is 10.2 Å². The molecule has 3 aromatic heterocycles. The highest BCUT2D eigenvalue weighted by Crippen LogP contribution is 2.33. The molecule has 0 spiro atoms. The first kappa shape index (κ1) is 22.1. The molecule has 0 bridgehead atoms. The first-order chi connectivity index (χ1) is 15.9. The fraction of sp³-hybridized carbons (Fsp3) is 0.304. The summed E-state index contributed by atoms with van der Waals surface area (Å²) in [7, 11) is 0. The van der Waals surface area contributed by atoms with E-state index in [0.29, 0.717) is 35.2 Å². The summed E-state index contributed by atoms with van der Waals surface area (Å²) in [6, 6.07) is 7.34. The van der Waals surface area contributed by atoms with E-state index in [1.807, 2.05) is 54.1 Å². The monoisotopic (exact) mass is 499 g/mol. The van der Waals surface area contributed by atoms with Crippen molar-refractivity contribution >= 4 is 51.0 Å². The zero-order chi connectivity index (χ0) is 23.1. The molecule has 0 saturated carbocycles. The largest absolute Gasteiger partial charge is 0.346 e. The van der Waals surface area contributed by atoms with Gasteiger partial charge in [-0.2, -0.15) is 0 Å². The number of aryl methyl sites for hydroxylation is 2. The maximum absolute atomic E-state index is 13.5. The summed E-state index contributed by atoms with van der Waals surface area (Å²) < 4.78 is 1.82. The first-order valence-electron chi connectivity index (χ1n) is 10.7. The summed E-state index contributed by atoms with van der Waals surface area (Å²) in [6.45, 7) is 4.82. The van der Waals surface area contributed by atoms with Crippen LogP contribution < -0.4 is 5.32 Å². The number of amides is 2. The van der Waals surface area contributed by atoms with Crippen molar-refractivity contribution in [2.75, 3.05) is 13.1 Å². The third kappa shape index (κ3) is 4.28. The molecule has 5 rings (SSSR count). The van der Waals surface area contributed by atoms with Crippen molar-refractivity contribution in [3.8, 4) is 10.4 Å². The second-order valence-corrected chi connectivity index (χ2v) is 10.6. The average molecular weight is 500 g/mol. The van der Waals surface area contributed by atoms with Gasteiger partial charge in [0, 0.05) is 35.7 Å². The molecule has 1 aromatic carbocycles. The molecule has 4 heterocycles. The molecule has 1 atom stereocenters. The Morgan fingerprint density at radius 3 is 2.91 bits per heavy atom. The Bertz CT molecular complexity index is 1360. The van der Waals surface area contributed by atoms with Crippen LogP contribution in [-0.2, 0) is 0 Å². The summed E-state index contributed by atoms with van der Waals surface area (Å²) in [5.41, 5.74) is 2.58. The van der Waals surface area contributed by atoms with Crippen molar-refractivity contribution < 1.29 is 9.59 Å². The number of benzene rings is 1. The lowest BCUT2D eigenvalue weighted by Crippen LogP contribution is -2.50. The van der Waals surface area contributed by atoms with E-state index in [1.54, 1.807) is 4.90 Å². The van der Waals surface area contributed by atoms with E-state index in [-0.39, 0.29) is 17.9 Å². The molecule has 0 unspecified atom stereocenters. The quantitative estimate of drug-likeness (QED) is 0.436. The molecule has 10 heteroatoms. The highest BCUT2D eigenvalue weighted by Gasteiger charge is 2.30.